The van der Waals surface area contributed by atoms with Crippen LogP contribution in [-0.4, -0.2) is 29.4 Å². The van der Waals surface area contributed by atoms with Gasteiger partial charge in [-0.05, 0) is 43.2 Å². The molecule has 3 rings (SSSR count). The summed E-state index contributed by atoms with van der Waals surface area (Å²) in [6, 6.07) is 8.87. The maximum absolute atomic E-state index is 12.8. The molecule has 2 aliphatic rings. The minimum Gasteiger partial charge on any atom is -0.338 e. The van der Waals surface area contributed by atoms with Gasteiger partial charge in [-0.3, -0.25) is 4.79 Å². The fraction of sp³-hybridized carbons (Fsp3) is 0.588. The summed E-state index contributed by atoms with van der Waals surface area (Å²) in [5, 5.41) is 3.43. The van der Waals surface area contributed by atoms with Gasteiger partial charge in [-0.15, -0.1) is 0 Å². The molecule has 2 atom stereocenters. The first-order valence-corrected chi connectivity index (χ1v) is 7.90. The first-order chi connectivity index (χ1) is 9.79. The van der Waals surface area contributed by atoms with Crippen LogP contribution >= 0.6 is 0 Å². The van der Waals surface area contributed by atoms with E-state index < -0.39 is 0 Å². The summed E-state index contributed by atoms with van der Waals surface area (Å²) in [6.45, 7) is 3.95. The first kappa shape index (κ1) is 13.6. The van der Waals surface area contributed by atoms with Gasteiger partial charge in [-0.1, -0.05) is 31.2 Å². The maximum atomic E-state index is 12.8. The number of likely N-dealkylation sites (tertiary alicyclic amines) is 1. The van der Waals surface area contributed by atoms with Crippen molar-refractivity contribution in [2.75, 3.05) is 6.54 Å². The van der Waals surface area contributed by atoms with Gasteiger partial charge in [0.1, 0.15) is 0 Å². The van der Waals surface area contributed by atoms with Crippen LogP contribution in [0.25, 0.3) is 0 Å². The van der Waals surface area contributed by atoms with Crippen LogP contribution in [0.1, 0.15) is 43.7 Å². The third-order valence-electron chi connectivity index (χ3n) is 4.76. The van der Waals surface area contributed by atoms with E-state index in [9.17, 15) is 4.79 Å². The molecule has 1 saturated heterocycles. The molecule has 0 spiro atoms. The Morgan fingerprint density at radius 3 is 2.90 bits per heavy atom. The van der Waals surface area contributed by atoms with Gasteiger partial charge < -0.3 is 10.2 Å². The summed E-state index contributed by atoms with van der Waals surface area (Å²) in [7, 11) is 0. The van der Waals surface area contributed by atoms with E-state index in [-0.39, 0.29) is 6.04 Å². The lowest BCUT2D eigenvalue weighted by molar-refractivity contribution is -0.137. The molecule has 1 N–H and O–H groups in total. The van der Waals surface area contributed by atoms with Crippen LogP contribution in [0.15, 0.2) is 24.3 Å². The topological polar surface area (TPSA) is 32.3 Å². The highest BCUT2D eigenvalue weighted by Crippen LogP contribution is 2.23. The van der Waals surface area contributed by atoms with E-state index in [2.05, 4.69) is 41.4 Å². The van der Waals surface area contributed by atoms with Gasteiger partial charge in [0, 0.05) is 19.1 Å². The van der Waals surface area contributed by atoms with Crippen molar-refractivity contribution in [3.63, 3.8) is 0 Å². The summed E-state index contributed by atoms with van der Waals surface area (Å²) in [4.78, 5) is 14.9. The number of hydrogen-bond donors (Lipinski definition) is 1. The SMILES string of the molecule is CCC1CCCCN1C(=O)C1Cc2ccccc2CN1. The van der Waals surface area contributed by atoms with E-state index in [4.69, 9.17) is 0 Å². The molecule has 1 aromatic rings. The maximum Gasteiger partial charge on any atom is 0.240 e. The number of amides is 1. The molecule has 3 heteroatoms. The largest absolute Gasteiger partial charge is 0.338 e. The van der Waals surface area contributed by atoms with Crippen LogP contribution in [0.2, 0.25) is 0 Å². The molecular weight excluding hydrogens is 248 g/mol. The van der Waals surface area contributed by atoms with Crippen LogP contribution in [-0.2, 0) is 17.8 Å². The number of nitrogens with one attached hydrogen (secondary N) is 1. The van der Waals surface area contributed by atoms with E-state index in [1.165, 1.54) is 24.0 Å². The molecule has 1 fully saturated rings. The van der Waals surface area contributed by atoms with Gasteiger partial charge in [0.15, 0.2) is 0 Å². The number of hydrogen-bond acceptors (Lipinski definition) is 2. The average Bonchev–Trinajstić information content (AvgIpc) is 2.53. The Kier molecular flexibility index (Phi) is 4.06. The number of piperidine rings is 1. The molecule has 108 valence electrons. The Morgan fingerprint density at radius 1 is 1.30 bits per heavy atom. The standard InChI is InChI=1S/C17H24N2O/c1-2-15-9-5-6-10-19(15)17(20)16-11-13-7-3-4-8-14(13)12-18-16/h3-4,7-8,15-16,18H,2,5-6,9-12H2,1H3. The summed E-state index contributed by atoms with van der Waals surface area (Å²) in [5.74, 6) is 0.311. The number of carbonyl (C=O) groups excluding carboxylic acids is 1. The molecule has 0 radical (unpaired) electrons. The molecule has 20 heavy (non-hydrogen) atoms. The second kappa shape index (κ2) is 5.96. The van der Waals surface area contributed by atoms with Crippen molar-refractivity contribution in [3.8, 4) is 0 Å². The Balaban J connectivity index is 1.72. The lowest BCUT2D eigenvalue weighted by Gasteiger charge is -2.38. The zero-order valence-electron chi connectivity index (χ0n) is 12.3. The third-order valence-corrected chi connectivity index (χ3v) is 4.76. The van der Waals surface area contributed by atoms with Crippen molar-refractivity contribution in [2.24, 2.45) is 0 Å². The Hall–Kier alpha value is -1.35. The summed E-state index contributed by atoms with van der Waals surface area (Å²) in [5.41, 5.74) is 2.66. The fourth-order valence-corrected chi connectivity index (χ4v) is 3.54. The van der Waals surface area contributed by atoms with Crippen molar-refractivity contribution in [3.05, 3.63) is 35.4 Å². The number of rotatable bonds is 2. The number of nitrogens with zero attached hydrogens (tertiary/aromatic N) is 1. The lowest BCUT2D eigenvalue weighted by atomic mass is 9.93. The molecular formula is C17H24N2O. The smallest absolute Gasteiger partial charge is 0.240 e. The highest BCUT2D eigenvalue weighted by molar-refractivity contribution is 5.83. The minimum atomic E-state index is -0.0305. The van der Waals surface area contributed by atoms with Crippen molar-refractivity contribution in [2.45, 2.75) is 57.7 Å². The molecule has 2 unspecified atom stereocenters. The molecule has 1 aromatic carbocycles. The molecule has 0 bridgehead atoms. The Labute approximate surface area is 121 Å². The van der Waals surface area contributed by atoms with Crippen molar-refractivity contribution >= 4 is 5.91 Å². The molecule has 0 aliphatic carbocycles. The van der Waals surface area contributed by atoms with Gasteiger partial charge in [0.2, 0.25) is 5.91 Å². The van der Waals surface area contributed by atoms with E-state index in [1.54, 1.807) is 0 Å². The highest BCUT2D eigenvalue weighted by Gasteiger charge is 2.32. The van der Waals surface area contributed by atoms with E-state index in [1.807, 2.05) is 0 Å². The quantitative estimate of drug-likeness (QED) is 0.897. The summed E-state index contributed by atoms with van der Waals surface area (Å²) >= 11 is 0. The molecule has 2 heterocycles. The van der Waals surface area contributed by atoms with Gasteiger partial charge in [0.25, 0.3) is 0 Å². The second-order valence-corrected chi connectivity index (χ2v) is 6.00. The Bertz CT molecular complexity index is 486. The lowest BCUT2D eigenvalue weighted by Crippen LogP contribution is -2.53. The van der Waals surface area contributed by atoms with Crippen LogP contribution in [0.5, 0.6) is 0 Å². The number of carbonyl (C=O) groups is 1. The van der Waals surface area contributed by atoms with Crippen LogP contribution < -0.4 is 5.32 Å². The van der Waals surface area contributed by atoms with Gasteiger partial charge in [-0.2, -0.15) is 0 Å². The molecule has 0 saturated carbocycles. The third kappa shape index (κ3) is 2.59. The monoisotopic (exact) mass is 272 g/mol. The first-order valence-electron chi connectivity index (χ1n) is 7.90. The zero-order valence-corrected chi connectivity index (χ0v) is 12.3. The summed E-state index contributed by atoms with van der Waals surface area (Å²) in [6.07, 6.45) is 5.51. The minimum absolute atomic E-state index is 0.0305. The van der Waals surface area contributed by atoms with Crippen LogP contribution in [0, 0.1) is 0 Å². The van der Waals surface area contributed by atoms with Gasteiger partial charge >= 0.3 is 0 Å². The normalized spacial score (nSPS) is 26.1. The predicted molar refractivity (Wildman–Crippen MR) is 80.4 cm³/mol. The average molecular weight is 272 g/mol. The van der Waals surface area contributed by atoms with Crippen molar-refractivity contribution in [1.82, 2.24) is 10.2 Å². The number of benzene rings is 1. The van der Waals surface area contributed by atoms with Crippen molar-refractivity contribution < 1.29 is 4.79 Å². The molecule has 2 aliphatic heterocycles. The van der Waals surface area contributed by atoms with Crippen LogP contribution in [0.3, 0.4) is 0 Å². The molecule has 1 amide bonds. The van der Waals surface area contributed by atoms with E-state index >= 15 is 0 Å². The second-order valence-electron chi connectivity index (χ2n) is 6.00. The van der Waals surface area contributed by atoms with Crippen molar-refractivity contribution in [1.29, 1.82) is 0 Å². The van der Waals surface area contributed by atoms with Gasteiger partial charge in [-0.25, -0.2) is 0 Å². The number of fused-ring (bicyclic) bond motifs is 1. The van der Waals surface area contributed by atoms with E-state index in [0.717, 1.165) is 32.4 Å². The summed E-state index contributed by atoms with van der Waals surface area (Å²) < 4.78 is 0. The molecule has 3 nitrogen and oxygen atoms in total. The zero-order chi connectivity index (χ0) is 13.9. The van der Waals surface area contributed by atoms with E-state index in [0.29, 0.717) is 11.9 Å². The van der Waals surface area contributed by atoms with Crippen LogP contribution in [0.4, 0.5) is 0 Å². The molecule has 0 aromatic heterocycles. The fourth-order valence-electron chi connectivity index (χ4n) is 3.54. The van der Waals surface area contributed by atoms with Gasteiger partial charge in [0.05, 0.1) is 6.04 Å². The Morgan fingerprint density at radius 2 is 2.10 bits per heavy atom. The highest BCUT2D eigenvalue weighted by atomic mass is 16.2. The predicted octanol–water partition coefficient (Wildman–Crippen LogP) is 2.49.